The summed E-state index contributed by atoms with van der Waals surface area (Å²) < 4.78 is 13.8. The number of nitrogens with zero attached hydrogens (tertiary/aromatic N) is 1. The Hall–Kier alpha value is -1.95. The summed E-state index contributed by atoms with van der Waals surface area (Å²) >= 11 is 1.47. The van der Waals surface area contributed by atoms with E-state index in [1.54, 1.807) is 6.20 Å². The molecule has 1 heterocycles. The smallest absolute Gasteiger partial charge is 0.335 e. The Morgan fingerprint density at radius 2 is 2.21 bits per heavy atom. The fourth-order valence-electron chi connectivity index (χ4n) is 1.67. The van der Waals surface area contributed by atoms with E-state index in [4.69, 9.17) is 5.11 Å². The first-order valence-electron chi connectivity index (χ1n) is 5.61. The maximum atomic E-state index is 13.8. The van der Waals surface area contributed by atoms with E-state index < -0.39 is 17.3 Å². The minimum atomic E-state index is -1.15. The molecule has 0 spiro atoms. The highest BCUT2D eigenvalue weighted by Gasteiger charge is 2.24. The van der Waals surface area contributed by atoms with Gasteiger partial charge in [-0.15, -0.1) is 11.3 Å². The average Bonchev–Trinajstić information content (AvgIpc) is 2.85. The monoisotopic (exact) mass is 280 g/mol. The third-order valence-electron chi connectivity index (χ3n) is 2.63. The first kappa shape index (κ1) is 13.5. The molecule has 0 amide bonds. The summed E-state index contributed by atoms with van der Waals surface area (Å²) in [7, 11) is 0. The molecular weight excluding hydrogens is 267 g/mol. The fraction of sp³-hybridized carbons (Fsp3) is 0.231. The van der Waals surface area contributed by atoms with E-state index in [1.165, 1.54) is 23.5 Å². The first-order valence-corrected chi connectivity index (χ1v) is 6.49. The highest BCUT2D eigenvalue weighted by molar-refractivity contribution is 7.09. The lowest BCUT2D eigenvalue weighted by Gasteiger charge is -2.25. The van der Waals surface area contributed by atoms with E-state index in [-0.39, 0.29) is 11.3 Å². The molecule has 1 aromatic carbocycles. The van der Waals surface area contributed by atoms with Crippen molar-refractivity contribution in [2.45, 2.75) is 19.4 Å². The summed E-state index contributed by atoms with van der Waals surface area (Å²) in [6, 6.07) is 3.79. The third-order valence-corrected chi connectivity index (χ3v) is 3.73. The zero-order chi connectivity index (χ0) is 14.0. The molecule has 0 atom stereocenters. The fourth-order valence-corrected chi connectivity index (χ4v) is 2.39. The van der Waals surface area contributed by atoms with Gasteiger partial charge in [0.15, 0.2) is 0 Å². The van der Waals surface area contributed by atoms with Crippen molar-refractivity contribution in [2.24, 2.45) is 0 Å². The van der Waals surface area contributed by atoms with Crippen LogP contribution in [0, 0.1) is 5.82 Å². The van der Waals surface area contributed by atoms with Crippen LogP contribution in [0.15, 0.2) is 29.8 Å². The molecule has 0 saturated carbocycles. The van der Waals surface area contributed by atoms with Gasteiger partial charge in [0.2, 0.25) is 0 Å². The zero-order valence-corrected chi connectivity index (χ0v) is 11.3. The molecule has 0 saturated heterocycles. The van der Waals surface area contributed by atoms with Gasteiger partial charge in [-0.25, -0.2) is 14.2 Å². The molecule has 0 aliphatic carbocycles. The Labute approximate surface area is 113 Å². The van der Waals surface area contributed by atoms with Gasteiger partial charge in [-0.2, -0.15) is 0 Å². The Bertz CT molecular complexity index is 597. The molecule has 2 N–H and O–H groups in total. The number of rotatable bonds is 4. The van der Waals surface area contributed by atoms with Gasteiger partial charge in [0.05, 0.1) is 16.8 Å². The molecule has 2 aromatic rings. The van der Waals surface area contributed by atoms with Crippen LogP contribution in [0.2, 0.25) is 0 Å². The van der Waals surface area contributed by atoms with Gasteiger partial charge in [0, 0.05) is 11.6 Å². The predicted molar refractivity (Wildman–Crippen MR) is 72.1 cm³/mol. The SMILES string of the molecule is CC(C)(Nc1ccc(C(=O)O)cc1F)c1nccs1. The molecule has 1 aromatic heterocycles. The van der Waals surface area contributed by atoms with Crippen LogP contribution in [0.5, 0.6) is 0 Å². The Balaban J connectivity index is 2.27. The van der Waals surface area contributed by atoms with Crippen molar-refractivity contribution >= 4 is 23.0 Å². The van der Waals surface area contributed by atoms with Crippen LogP contribution in [0.1, 0.15) is 29.2 Å². The van der Waals surface area contributed by atoms with Crippen molar-refractivity contribution in [3.63, 3.8) is 0 Å². The summed E-state index contributed by atoms with van der Waals surface area (Å²) in [5.41, 5.74) is -0.347. The number of carbonyl (C=O) groups is 1. The Kier molecular flexibility index (Phi) is 3.53. The van der Waals surface area contributed by atoms with Gasteiger partial charge in [0.25, 0.3) is 0 Å². The van der Waals surface area contributed by atoms with Crippen molar-refractivity contribution in [3.05, 3.63) is 46.2 Å². The van der Waals surface area contributed by atoms with Gasteiger partial charge in [-0.1, -0.05) is 0 Å². The van der Waals surface area contributed by atoms with Crippen molar-refractivity contribution in [2.75, 3.05) is 5.32 Å². The third kappa shape index (κ3) is 2.90. The largest absolute Gasteiger partial charge is 0.478 e. The number of thiazole rings is 1. The van der Waals surface area contributed by atoms with Gasteiger partial charge >= 0.3 is 5.97 Å². The number of hydrogen-bond donors (Lipinski definition) is 2. The normalized spacial score (nSPS) is 11.3. The molecule has 6 heteroatoms. The van der Waals surface area contributed by atoms with E-state index in [9.17, 15) is 9.18 Å². The predicted octanol–water partition coefficient (Wildman–Crippen LogP) is 3.33. The van der Waals surface area contributed by atoms with E-state index in [0.717, 1.165) is 11.1 Å². The minimum absolute atomic E-state index is 0.0740. The second-order valence-electron chi connectivity index (χ2n) is 4.59. The maximum absolute atomic E-state index is 13.8. The number of hydrogen-bond acceptors (Lipinski definition) is 4. The van der Waals surface area contributed by atoms with Crippen LogP contribution in [0.4, 0.5) is 10.1 Å². The van der Waals surface area contributed by atoms with Crippen molar-refractivity contribution in [1.82, 2.24) is 4.98 Å². The molecule has 0 fully saturated rings. The average molecular weight is 280 g/mol. The van der Waals surface area contributed by atoms with Crippen molar-refractivity contribution in [1.29, 1.82) is 0 Å². The summed E-state index contributed by atoms with van der Waals surface area (Å²) in [5, 5.41) is 14.5. The van der Waals surface area contributed by atoms with Crippen molar-refractivity contribution in [3.8, 4) is 0 Å². The number of aromatic carboxylic acids is 1. The van der Waals surface area contributed by atoms with Crippen LogP contribution in [0.3, 0.4) is 0 Å². The number of anilines is 1. The number of carboxylic acid groups (broad SMARTS) is 1. The summed E-state index contributed by atoms with van der Waals surface area (Å²) in [6.45, 7) is 3.77. The summed E-state index contributed by atoms with van der Waals surface area (Å²) in [6.07, 6.45) is 1.69. The molecule has 0 radical (unpaired) electrons. The lowest BCUT2D eigenvalue weighted by molar-refractivity contribution is 0.0696. The Morgan fingerprint density at radius 3 is 2.74 bits per heavy atom. The molecule has 4 nitrogen and oxygen atoms in total. The van der Waals surface area contributed by atoms with Crippen molar-refractivity contribution < 1.29 is 14.3 Å². The molecule has 0 aliphatic rings. The van der Waals surface area contributed by atoms with E-state index >= 15 is 0 Å². The maximum Gasteiger partial charge on any atom is 0.335 e. The molecule has 0 unspecified atom stereocenters. The highest BCUT2D eigenvalue weighted by Crippen LogP contribution is 2.28. The second kappa shape index (κ2) is 4.97. The van der Waals surface area contributed by atoms with Crippen LogP contribution in [-0.4, -0.2) is 16.1 Å². The number of nitrogens with one attached hydrogen (secondary N) is 1. The van der Waals surface area contributed by atoms with Gasteiger partial charge in [0.1, 0.15) is 10.8 Å². The molecule has 19 heavy (non-hydrogen) atoms. The molecular formula is C13H13FN2O2S. The van der Waals surface area contributed by atoms with Gasteiger partial charge in [-0.05, 0) is 32.0 Å². The quantitative estimate of drug-likeness (QED) is 0.901. The second-order valence-corrected chi connectivity index (χ2v) is 5.48. The zero-order valence-electron chi connectivity index (χ0n) is 10.5. The van der Waals surface area contributed by atoms with Crippen LogP contribution in [0.25, 0.3) is 0 Å². The van der Waals surface area contributed by atoms with Crippen LogP contribution in [-0.2, 0) is 5.54 Å². The van der Waals surface area contributed by atoms with Gasteiger partial charge < -0.3 is 10.4 Å². The first-order chi connectivity index (χ1) is 8.90. The van der Waals surface area contributed by atoms with E-state index in [0.29, 0.717) is 0 Å². The summed E-state index contributed by atoms with van der Waals surface area (Å²) in [4.78, 5) is 14.9. The number of carboxylic acids is 1. The standard InChI is InChI=1S/C13H13FN2O2S/c1-13(2,12-15-5-6-19-12)16-10-4-3-8(11(17)18)7-9(10)14/h3-7,16H,1-2H3,(H,17,18). The molecule has 0 bridgehead atoms. The number of aromatic nitrogens is 1. The van der Waals surface area contributed by atoms with Gasteiger partial charge in [-0.3, -0.25) is 0 Å². The van der Waals surface area contributed by atoms with E-state index in [2.05, 4.69) is 10.3 Å². The summed E-state index contributed by atoms with van der Waals surface area (Å²) in [5.74, 6) is -1.74. The highest BCUT2D eigenvalue weighted by atomic mass is 32.1. The molecule has 100 valence electrons. The number of halogens is 1. The minimum Gasteiger partial charge on any atom is -0.478 e. The van der Waals surface area contributed by atoms with Crippen LogP contribution < -0.4 is 5.32 Å². The molecule has 0 aliphatic heterocycles. The topological polar surface area (TPSA) is 62.2 Å². The lowest BCUT2D eigenvalue weighted by atomic mass is 10.1. The molecule has 2 rings (SSSR count). The Morgan fingerprint density at radius 1 is 1.47 bits per heavy atom. The van der Waals surface area contributed by atoms with Crippen LogP contribution >= 0.6 is 11.3 Å². The number of benzene rings is 1. The van der Waals surface area contributed by atoms with E-state index in [1.807, 2.05) is 19.2 Å². The lowest BCUT2D eigenvalue weighted by Crippen LogP contribution is -2.28.